The Morgan fingerprint density at radius 3 is 1.08 bits per heavy atom. The van der Waals surface area contributed by atoms with Crippen LogP contribution in [0.15, 0.2) is 78.9 Å². The van der Waals surface area contributed by atoms with E-state index in [1.54, 1.807) is 0 Å². The van der Waals surface area contributed by atoms with Crippen molar-refractivity contribution in [1.29, 1.82) is 0 Å². The van der Waals surface area contributed by atoms with Gasteiger partial charge < -0.3 is 0 Å². The zero-order valence-corrected chi connectivity index (χ0v) is 44.4. The number of thiophene rings is 6. The van der Waals surface area contributed by atoms with Crippen LogP contribution in [0.25, 0.3) is 49.4 Å². The fourth-order valence-corrected chi connectivity index (χ4v) is 13.1. The molecule has 6 heterocycles. The van der Waals surface area contributed by atoms with E-state index >= 15 is 0 Å². The summed E-state index contributed by atoms with van der Waals surface area (Å²) in [7, 11) is 0. The summed E-state index contributed by atoms with van der Waals surface area (Å²) in [6.45, 7) is 43.0. The lowest BCUT2D eigenvalue weighted by atomic mass is 9.94. The Hall–Kier alpha value is -2.32. The second-order valence-electron chi connectivity index (χ2n) is 22.6. The van der Waals surface area contributed by atoms with Gasteiger partial charge >= 0.3 is 0 Å². The van der Waals surface area contributed by atoms with Crippen LogP contribution < -0.4 is 0 Å². The van der Waals surface area contributed by atoms with Crippen LogP contribution in [0.4, 0.5) is 0 Å². The first-order valence-electron chi connectivity index (χ1n) is 21.0. The number of hydrogen-bond donors (Lipinski definition) is 0. The average Bonchev–Trinajstić information content (AvgIpc) is 3.90. The standard InChI is InChI=1S/C18H22S2.C16H22S2.C14H14S2.C5H12/c1-17(2,3)15-8-11-7-12-9-16(18(4,5)6)20-14(12)10-13(11)19-15;1-15(2,3)13-9-7-11(17-13)12-8-10-14(18-12)16(4,5)6;1-14(2,3)12-8-10-9-6-4-5-7-11(9)15-13(10)16-12;1-5(2,3)4/h7-10H,1-6H3;7-10H,1-6H3;4-8H,1-3H3;1-4H3. The van der Waals surface area contributed by atoms with E-state index in [0.717, 1.165) is 0 Å². The molecule has 8 aromatic rings. The molecule has 0 saturated heterocycles. The first-order valence-corrected chi connectivity index (χ1v) is 25.9. The lowest BCUT2D eigenvalue weighted by Crippen LogP contribution is -2.07. The summed E-state index contributed by atoms with van der Waals surface area (Å²) in [5.74, 6) is 0. The highest BCUT2D eigenvalue weighted by Crippen LogP contribution is 2.44. The lowest BCUT2D eigenvalue weighted by Gasteiger charge is -2.15. The second-order valence-corrected chi connectivity index (χ2v) is 29.3. The second kappa shape index (κ2) is 17.4. The molecule has 0 unspecified atom stereocenters. The van der Waals surface area contributed by atoms with Crippen LogP contribution >= 0.6 is 68.0 Å². The van der Waals surface area contributed by atoms with E-state index in [4.69, 9.17) is 0 Å². The molecule has 0 bridgehead atoms. The molecule has 59 heavy (non-hydrogen) atoms. The number of rotatable bonds is 1. The van der Waals surface area contributed by atoms with E-state index in [1.807, 2.05) is 68.0 Å². The van der Waals surface area contributed by atoms with Gasteiger partial charge in [0.05, 0.1) is 4.01 Å². The molecule has 0 fully saturated rings. The summed E-state index contributed by atoms with van der Waals surface area (Å²) >= 11 is 11.6. The maximum absolute atomic E-state index is 2.38. The van der Waals surface area contributed by atoms with E-state index in [0.29, 0.717) is 5.41 Å². The zero-order chi connectivity index (χ0) is 44.1. The molecule has 6 aromatic heterocycles. The molecule has 0 nitrogen and oxygen atoms in total. The predicted molar refractivity (Wildman–Crippen MR) is 281 cm³/mol. The molecule has 0 spiro atoms. The molecule has 2 aromatic carbocycles. The molecule has 0 aliphatic rings. The minimum atomic E-state index is 0.244. The Bertz CT molecular complexity index is 2440. The number of benzene rings is 2. The van der Waals surface area contributed by atoms with Crippen molar-refractivity contribution in [2.75, 3.05) is 0 Å². The summed E-state index contributed by atoms with van der Waals surface area (Å²) in [5.41, 5.74) is 1.77. The summed E-state index contributed by atoms with van der Waals surface area (Å²) in [6.07, 6.45) is 0. The molecular formula is C53H70S6. The van der Waals surface area contributed by atoms with Gasteiger partial charge in [-0.2, -0.15) is 0 Å². The molecule has 0 aliphatic heterocycles. The maximum atomic E-state index is 2.38. The van der Waals surface area contributed by atoms with Gasteiger partial charge in [0.2, 0.25) is 0 Å². The first-order chi connectivity index (χ1) is 26.9. The summed E-state index contributed by atoms with van der Waals surface area (Å²) in [6, 6.07) is 29.6. The van der Waals surface area contributed by atoms with Crippen LogP contribution in [-0.4, -0.2) is 0 Å². The Balaban J connectivity index is 0.000000160. The molecule has 0 radical (unpaired) electrons. The fourth-order valence-electron chi connectivity index (χ4n) is 5.95. The van der Waals surface area contributed by atoms with Crippen molar-refractivity contribution in [2.45, 2.75) is 159 Å². The van der Waals surface area contributed by atoms with Crippen LogP contribution in [0.2, 0.25) is 0 Å². The highest BCUT2D eigenvalue weighted by molar-refractivity contribution is 7.41. The number of fused-ring (bicyclic) bond motifs is 5. The largest absolute Gasteiger partial charge is 0.140 e. The molecular weight excluding hydrogens is 829 g/mol. The van der Waals surface area contributed by atoms with Gasteiger partial charge in [0.25, 0.3) is 0 Å². The Labute approximate surface area is 381 Å². The van der Waals surface area contributed by atoms with Crippen molar-refractivity contribution in [3.63, 3.8) is 0 Å². The molecule has 0 aliphatic carbocycles. The summed E-state index contributed by atoms with van der Waals surface area (Å²) < 4.78 is 5.71. The molecule has 0 atom stereocenters. The van der Waals surface area contributed by atoms with Crippen molar-refractivity contribution in [1.82, 2.24) is 0 Å². The van der Waals surface area contributed by atoms with Gasteiger partial charge in [-0.15, -0.1) is 68.0 Å². The molecule has 8 rings (SSSR count). The van der Waals surface area contributed by atoms with Crippen molar-refractivity contribution >= 4 is 108 Å². The topological polar surface area (TPSA) is 0 Å². The normalized spacial score (nSPS) is 13.0. The molecule has 0 N–H and O–H groups in total. The first kappa shape index (κ1) is 47.7. The highest BCUT2D eigenvalue weighted by Gasteiger charge is 2.22. The van der Waals surface area contributed by atoms with Gasteiger partial charge in [0, 0.05) is 59.0 Å². The predicted octanol–water partition coefficient (Wildman–Crippen LogP) is 20.2. The quantitative estimate of drug-likeness (QED) is 0.154. The number of hydrogen-bond acceptors (Lipinski definition) is 6. The SMILES string of the molecule is CC(C)(C)C.CC(C)(C)c1cc2c(s1)sc1ccccc12.CC(C)(C)c1cc2cc3cc(C(C)(C)C)sc3cc2s1.CC(C)(C)c1ccc(-c2ccc(C(C)(C)C)s2)s1. The fraction of sp³-hybridized carbons (Fsp3) is 0.472. The Morgan fingerprint density at radius 1 is 0.305 bits per heavy atom. The molecule has 0 amide bonds. The third kappa shape index (κ3) is 12.6. The van der Waals surface area contributed by atoms with Crippen molar-refractivity contribution < 1.29 is 0 Å². The van der Waals surface area contributed by atoms with Crippen LogP contribution in [0.3, 0.4) is 0 Å². The van der Waals surface area contributed by atoms with E-state index < -0.39 is 0 Å². The maximum Gasteiger partial charge on any atom is 0.0880 e. The minimum Gasteiger partial charge on any atom is -0.140 e. The van der Waals surface area contributed by atoms with Crippen LogP contribution in [0, 0.1) is 5.41 Å². The van der Waals surface area contributed by atoms with Gasteiger partial charge in [-0.3, -0.25) is 0 Å². The van der Waals surface area contributed by atoms with E-state index in [2.05, 4.69) is 210 Å². The lowest BCUT2D eigenvalue weighted by molar-refractivity contribution is 0.469. The van der Waals surface area contributed by atoms with E-state index in [1.165, 1.54) is 73.8 Å². The van der Waals surface area contributed by atoms with Gasteiger partial charge in [0.1, 0.15) is 0 Å². The van der Waals surface area contributed by atoms with Gasteiger partial charge in [-0.25, -0.2) is 0 Å². The zero-order valence-electron chi connectivity index (χ0n) is 39.5. The minimum absolute atomic E-state index is 0.244. The van der Waals surface area contributed by atoms with Gasteiger partial charge in [-0.05, 0) is 104 Å². The smallest absolute Gasteiger partial charge is 0.0880 e. The third-order valence-corrected chi connectivity index (χ3v) is 18.5. The molecule has 6 heteroatoms. The van der Waals surface area contributed by atoms with E-state index in [-0.39, 0.29) is 27.1 Å². The average molecular weight is 900 g/mol. The van der Waals surface area contributed by atoms with E-state index in [9.17, 15) is 0 Å². The van der Waals surface area contributed by atoms with Crippen molar-refractivity contribution in [2.24, 2.45) is 5.41 Å². The summed E-state index contributed by atoms with van der Waals surface area (Å²) in [4.78, 5) is 10.2. The van der Waals surface area contributed by atoms with Gasteiger partial charge in [0.15, 0.2) is 0 Å². The Morgan fingerprint density at radius 2 is 0.695 bits per heavy atom. The van der Waals surface area contributed by atoms with Crippen LogP contribution in [0.5, 0.6) is 0 Å². The van der Waals surface area contributed by atoms with Crippen LogP contribution in [-0.2, 0) is 27.1 Å². The van der Waals surface area contributed by atoms with Crippen LogP contribution in [0.1, 0.15) is 156 Å². The highest BCUT2D eigenvalue weighted by atomic mass is 32.2. The van der Waals surface area contributed by atoms with Crippen molar-refractivity contribution in [3.05, 3.63) is 103 Å². The third-order valence-electron chi connectivity index (χ3n) is 9.38. The monoisotopic (exact) mass is 898 g/mol. The molecule has 318 valence electrons. The summed E-state index contributed by atoms with van der Waals surface area (Å²) in [5, 5.41) is 5.64. The van der Waals surface area contributed by atoms with Crippen molar-refractivity contribution in [3.8, 4) is 9.75 Å². The molecule has 0 saturated carbocycles. The Kier molecular flexibility index (Phi) is 14.1. The van der Waals surface area contributed by atoms with Gasteiger partial charge in [-0.1, -0.05) is 150 Å².